The predicted molar refractivity (Wildman–Crippen MR) is 541 cm³/mol. The number of esters is 3. The summed E-state index contributed by atoms with van der Waals surface area (Å²) in [5.41, 5.74) is 3.62. The summed E-state index contributed by atoms with van der Waals surface area (Å²) in [7, 11) is 0. The second-order valence-corrected chi connectivity index (χ2v) is 46.2. The number of hydrogen-bond acceptors (Lipinski definition) is 26. The number of pyridine rings is 1. The van der Waals surface area contributed by atoms with Gasteiger partial charge in [0.25, 0.3) is 0 Å². The summed E-state index contributed by atoms with van der Waals surface area (Å²) in [5, 5.41) is 15.1. The second kappa shape index (κ2) is 57.7. The van der Waals surface area contributed by atoms with Crippen molar-refractivity contribution in [2.75, 3.05) is 121 Å². The maximum absolute atomic E-state index is 13.6. The smallest absolute Gasteiger partial charge is 0.870 e. The molecule has 9 rings (SSSR count). The number of benzene rings is 1. The molecular weight excluding hydrogens is 1920 g/mol. The number of aliphatic carboxylic acids is 1. The number of piperidine rings is 5. The fraction of sp³-hybridized carbons (Fsp3) is 0.745. The number of carboxylic acids is 1. The first-order valence-electron chi connectivity index (χ1n) is 49.0. The molecule has 0 unspecified atom stereocenters. The summed E-state index contributed by atoms with van der Waals surface area (Å²) in [5.74, 6) is -1.73. The van der Waals surface area contributed by atoms with Gasteiger partial charge in [-0.2, -0.15) is 0 Å². The van der Waals surface area contributed by atoms with Gasteiger partial charge in [-0.3, -0.25) is 47.9 Å². The third-order valence-electron chi connectivity index (χ3n) is 22.2. The normalized spacial score (nSPS) is 18.9. The molecule has 1 spiro atoms. The molecule has 37 nitrogen and oxygen atoms in total. The van der Waals surface area contributed by atoms with Gasteiger partial charge >= 0.3 is 73.2 Å². The Bertz CT molecular complexity index is 4480. The number of carbonyl (C=O) groups is 15. The summed E-state index contributed by atoms with van der Waals surface area (Å²) < 4.78 is 41.5. The van der Waals surface area contributed by atoms with E-state index < -0.39 is 73.8 Å². The average Bonchev–Trinajstić information content (AvgIpc) is 1.57. The van der Waals surface area contributed by atoms with Crippen molar-refractivity contribution in [3.05, 3.63) is 53.2 Å². The minimum Gasteiger partial charge on any atom is -0.870 e. The van der Waals surface area contributed by atoms with Crippen molar-refractivity contribution in [1.29, 1.82) is 0 Å². The first-order valence-corrected chi connectivity index (χ1v) is 50.5. The van der Waals surface area contributed by atoms with Gasteiger partial charge in [-0.25, -0.2) is 29.0 Å². The van der Waals surface area contributed by atoms with E-state index in [0.717, 1.165) is 74.7 Å². The number of nitrogens with two attached hydrogens (primary N) is 1. The van der Waals surface area contributed by atoms with Crippen LogP contribution >= 0.6 is 27.5 Å². The third kappa shape index (κ3) is 47.4. The van der Waals surface area contributed by atoms with Crippen molar-refractivity contribution >= 4 is 128 Å². The number of likely N-dealkylation sites (tertiary alicyclic amines) is 5. The van der Waals surface area contributed by atoms with Gasteiger partial charge in [0.1, 0.15) is 58.8 Å². The van der Waals surface area contributed by atoms with Gasteiger partial charge in [0.05, 0.1) is 43.4 Å². The average molecular weight is 2090 g/mol. The number of ether oxygens (including phenoxy) is 8. The van der Waals surface area contributed by atoms with Crippen molar-refractivity contribution in [2.24, 2.45) is 33.3 Å². The van der Waals surface area contributed by atoms with Crippen LogP contribution in [0.25, 0.3) is 0 Å². The van der Waals surface area contributed by atoms with Gasteiger partial charge in [0.15, 0.2) is 0 Å². The van der Waals surface area contributed by atoms with Gasteiger partial charge in [-0.1, -0.05) is 111 Å². The maximum Gasteiger partial charge on any atom is 1.00 e. The number of carboxylic acid groups (broad SMARTS) is 1. The van der Waals surface area contributed by atoms with Crippen LogP contribution < -0.4 is 35.2 Å². The Morgan fingerprint density at radius 1 is 0.479 bits per heavy atom. The van der Waals surface area contributed by atoms with Crippen molar-refractivity contribution in [3.63, 3.8) is 0 Å². The molecule has 7 aliphatic rings. The number of alkyl halides is 1. The Labute approximate surface area is 869 Å². The summed E-state index contributed by atoms with van der Waals surface area (Å²) in [4.78, 5) is 199. The van der Waals surface area contributed by atoms with E-state index in [9.17, 15) is 71.9 Å². The minimum atomic E-state index is -1.05. The molecule has 802 valence electrons. The van der Waals surface area contributed by atoms with E-state index in [4.69, 9.17) is 55.6 Å². The van der Waals surface area contributed by atoms with Crippen LogP contribution in [0.5, 0.6) is 0 Å². The van der Waals surface area contributed by atoms with E-state index in [2.05, 4.69) is 36.3 Å². The molecule has 1 aromatic carbocycles. The zero-order valence-corrected chi connectivity index (χ0v) is 93.3. The molecule has 1 aromatic heterocycles. The van der Waals surface area contributed by atoms with Crippen LogP contribution in [0.15, 0.2) is 36.5 Å². The van der Waals surface area contributed by atoms with Crippen molar-refractivity contribution in [3.8, 4) is 0 Å². The number of aromatic nitrogens is 1. The number of rotatable bonds is 17. The number of nitrogens with zero attached hydrogens (tertiary/aromatic N) is 9. The predicted octanol–water partition coefficient (Wildman–Crippen LogP) is 13.3. The van der Waals surface area contributed by atoms with Crippen LogP contribution in [-0.2, 0) is 104 Å². The molecule has 6 N–H and O–H groups in total. The Balaban J connectivity index is 0.000000887. The van der Waals surface area contributed by atoms with Crippen molar-refractivity contribution in [1.82, 2.24) is 44.2 Å². The number of amides is 10. The number of halogens is 2. The van der Waals surface area contributed by atoms with Crippen LogP contribution in [0.1, 0.15) is 301 Å². The first kappa shape index (κ1) is 131. The number of hydrogen-bond donors (Lipinski definition) is 4. The van der Waals surface area contributed by atoms with Gasteiger partial charge in [0, 0.05) is 117 Å². The van der Waals surface area contributed by atoms with E-state index >= 15 is 0 Å². The third-order valence-corrected chi connectivity index (χ3v) is 23.2. The Kier molecular flexibility index (Phi) is 53.2. The molecule has 0 bridgehead atoms. The van der Waals surface area contributed by atoms with Crippen LogP contribution in [0.3, 0.4) is 0 Å². The second-order valence-electron chi connectivity index (χ2n) is 45.3. The van der Waals surface area contributed by atoms with Crippen molar-refractivity contribution in [2.45, 2.75) is 355 Å². The standard InChI is InChI=1S/C32H41N5O5.C19H34N2O5.C17H30N2O5.C15H27NO4.C10H20N2O2.C5H9ClO.C4H7BrO2.Li.H2O/c1-30(2,3)28(40)37(23-9-8-14-36(18-23)29(41)42-31(4,5)6)19-25(38)34-22-12-11-20-16-32(17-21(20)15-22)24-10-7-13-33-26(24)35-27(32)39;1-8-25-15(22)13-21(16(23)18(2,3)4)14-10-9-11-20(12-14)17(24)26-19(5,6)7;1-16(2,3)14(22)19(11-13(20)21)12-8-7-9-18(10-12)15(23)24-17(4,5)6;1-5-19-13(17)9-8-12-7-6-10-16(11-12)14(18)20-15(2,3)4;1-10(2,3)14-9(13)12-6-4-5-8(11)7-12;1-5(2,3)4(6)7;1-2-7-4(6)3-5;;/h7,10-13,15,23H,8-9,14,16-19H2,1-6H3,(H,34,38)(H,33,35,39);14H,8-13H2,1-7H3;12H,7-11H2,1-6H3,(H,20,21);12H,5-11H2,1-4H3;8H,4-7,11H2,1-3H3;1-3H3;2-3H2,1H3;;1H2/q;;;;;;;+1;/p-1/t23-,32+;14-;2*12-;8-;;;;/m00010..../s1. The quantitative estimate of drug-likeness (QED) is 0.0376. The molecule has 5 saturated heterocycles. The van der Waals surface area contributed by atoms with E-state index in [1.54, 1.807) is 117 Å². The van der Waals surface area contributed by atoms with Crippen LogP contribution in [0.2, 0.25) is 0 Å². The molecular formula is C102H169BrClLiN12O25. The summed E-state index contributed by atoms with van der Waals surface area (Å²) >= 11 is 8.06. The van der Waals surface area contributed by atoms with E-state index in [0.29, 0.717) is 133 Å². The molecule has 0 radical (unpaired) electrons. The first-order chi connectivity index (χ1) is 64.3. The molecule has 10 amide bonds. The van der Waals surface area contributed by atoms with E-state index in [-0.39, 0.29) is 145 Å². The SMILES string of the molecule is CC(C)(C)C(=O)Cl.CC(C)(C)OC(=O)N1CCC[C@H](N(CC(=O)Nc2ccc3c(c2)C[C@@]2(C3)C(=O)Nc3ncccc32)C(=O)C(C)(C)C)C1.CC(C)(C)OC(=O)N1CCC[C@H](N(CC(=O)O)C(=O)C(C)(C)C)C1.CC(C)(C)OC(=O)N1CCC[C@H](N)C1.CCOC(=O)CBr.CCOC(=O)CC[C@H]1CCCN(C(=O)OC(C)(C)C)C1.CCOC(=O)CN(C(=O)C(C)(C)C)[C@H]1CCCN(C(=O)OC(C)(C)C)C1.[Li+].[OH-]. The minimum absolute atomic E-state index is 0. The zero-order chi connectivity index (χ0) is 107. The molecule has 2 aromatic rings. The molecule has 6 aliphatic heterocycles. The molecule has 7 heterocycles. The van der Waals surface area contributed by atoms with Crippen molar-refractivity contribution < 1.29 is 139 Å². The molecule has 6 atom stereocenters. The number of nitrogens with one attached hydrogen (secondary N) is 2. The molecule has 5 fully saturated rings. The van der Waals surface area contributed by atoms with Gasteiger partial charge in [-0.15, -0.1) is 0 Å². The largest absolute Gasteiger partial charge is 1.00 e. The van der Waals surface area contributed by atoms with Gasteiger partial charge in [0.2, 0.25) is 34.8 Å². The molecule has 40 heteroatoms. The van der Waals surface area contributed by atoms with E-state index in [1.165, 1.54) is 4.90 Å². The Morgan fingerprint density at radius 2 is 0.824 bits per heavy atom. The fourth-order valence-corrected chi connectivity index (χ4v) is 15.9. The fourth-order valence-electron chi connectivity index (χ4n) is 15.7. The summed E-state index contributed by atoms with van der Waals surface area (Å²) in [6, 6.07) is 8.78. The molecule has 1 aliphatic carbocycles. The van der Waals surface area contributed by atoms with Crippen LogP contribution in [-0.4, -0.2) is 306 Å². The molecule has 142 heavy (non-hydrogen) atoms. The number of carbonyl (C=O) groups excluding carboxylic acids is 14. The summed E-state index contributed by atoms with van der Waals surface area (Å²) in [6.45, 7) is 60.5. The van der Waals surface area contributed by atoms with Crippen LogP contribution in [0, 0.1) is 27.6 Å². The Morgan fingerprint density at radius 3 is 1.18 bits per heavy atom. The topological polar surface area (TPSA) is 469 Å². The summed E-state index contributed by atoms with van der Waals surface area (Å²) in [6.07, 6.45) is 10.5. The number of fused-ring (bicyclic) bond motifs is 3. The van der Waals surface area contributed by atoms with E-state index in [1.807, 2.05) is 162 Å². The Hall–Kier alpha value is -9.09. The van der Waals surface area contributed by atoms with Crippen LogP contribution in [0.4, 0.5) is 35.5 Å². The monoisotopic (exact) mass is 2080 g/mol. The maximum atomic E-state index is 13.6. The zero-order valence-electron chi connectivity index (χ0n) is 90.9. The number of anilines is 2. The van der Waals surface area contributed by atoms with Gasteiger partial charge < -0.3 is 104 Å². The van der Waals surface area contributed by atoms with Gasteiger partial charge in [-0.05, 0) is 255 Å². The molecule has 0 saturated carbocycles.